The van der Waals surface area contributed by atoms with Crippen LogP contribution in [0.25, 0.3) is 0 Å². The van der Waals surface area contributed by atoms with Crippen LogP contribution in [0.2, 0.25) is 10.0 Å². The maximum Gasteiger partial charge on any atom is 0.252 e. The molecule has 1 amide bonds. The Morgan fingerprint density at radius 2 is 2.00 bits per heavy atom. The molecule has 0 saturated carbocycles. The van der Waals surface area contributed by atoms with Crippen molar-refractivity contribution in [2.24, 2.45) is 4.99 Å². The van der Waals surface area contributed by atoms with Crippen molar-refractivity contribution in [3.63, 3.8) is 0 Å². The lowest BCUT2D eigenvalue weighted by Gasteiger charge is -2.25. The fourth-order valence-electron chi connectivity index (χ4n) is 3.67. The lowest BCUT2D eigenvalue weighted by molar-refractivity contribution is -0.117. The summed E-state index contributed by atoms with van der Waals surface area (Å²) in [5, 5.41) is 1.09. The van der Waals surface area contributed by atoms with E-state index in [9.17, 15) is 13.2 Å². The van der Waals surface area contributed by atoms with Gasteiger partial charge in [0.1, 0.15) is 5.75 Å². The molecule has 10 heteroatoms. The van der Waals surface area contributed by atoms with Gasteiger partial charge in [0, 0.05) is 15.8 Å². The van der Waals surface area contributed by atoms with Gasteiger partial charge in [-0.3, -0.25) is 4.79 Å². The van der Waals surface area contributed by atoms with Crippen molar-refractivity contribution < 1.29 is 17.9 Å². The second-order valence-electron chi connectivity index (χ2n) is 7.04. The molecule has 0 aromatic heterocycles. The minimum atomic E-state index is -3.17. The highest BCUT2D eigenvalue weighted by Crippen LogP contribution is 2.43. The largest absolute Gasteiger partial charge is 0.496 e. The molecule has 2 atom stereocenters. The second kappa shape index (κ2) is 8.42. The highest BCUT2D eigenvalue weighted by Gasteiger charge is 2.49. The molecule has 2 fully saturated rings. The van der Waals surface area contributed by atoms with E-state index in [1.807, 2.05) is 18.2 Å². The number of carbonyl (C=O) groups excluding carboxylic acids is 1. The molecule has 2 aromatic rings. The molecule has 0 N–H and O–H groups in total. The van der Waals surface area contributed by atoms with Gasteiger partial charge in [0.2, 0.25) is 0 Å². The Morgan fingerprint density at radius 3 is 2.77 bits per heavy atom. The van der Waals surface area contributed by atoms with Crippen LogP contribution < -0.4 is 9.64 Å². The first-order chi connectivity index (χ1) is 14.3. The van der Waals surface area contributed by atoms with Gasteiger partial charge in [-0.25, -0.2) is 8.42 Å². The monoisotopic (exact) mass is 484 g/mol. The average molecular weight is 485 g/mol. The zero-order valence-electron chi connectivity index (χ0n) is 15.9. The summed E-state index contributed by atoms with van der Waals surface area (Å²) in [5.74, 6) is 0.278. The number of methoxy groups -OCH3 is 1. The number of amides is 1. The summed E-state index contributed by atoms with van der Waals surface area (Å²) in [4.78, 5) is 18.8. The van der Waals surface area contributed by atoms with Crippen molar-refractivity contribution >= 4 is 61.6 Å². The van der Waals surface area contributed by atoms with E-state index in [1.165, 1.54) is 11.8 Å². The maximum atomic E-state index is 12.8. The molecule has 158 valence electrons. The van der Waals surface area contributed by atoms with Gasteiger partial charge >= 0.3 is 0 Å². The molecule has 2 aromatic carbocycles. The molecule has 4 rings (SSSR count). The predicted octanol–water partition coefficient (Wildman–Crippen LogP) is 3.85. The van der Waals surface area contributed by atoms with Crippen molar-refractivity contribution in [1.82, 2.24) is 0 Å². The first-order valence-electron chi connectivity index (χ1n) is 9.12. The summed E-state index contributed by atoms with van der Waals surface area (Å²) in [6.45, 7) is 0. The third kappa shape index (κ3) is 4.32. The first-order valence-corrected chi connectivity index (χ1v) is 12.6. The fourth-order valence-corrected chi connectivity index (χ4v) is 7.97. The molecule has 30 heavy (non-hydrogen) atoms. The van der Waals surface area contributed by atoms with Crippen molar-refractivity contribution in [1.29, 1.82) is 0 Å². The first kappa shape index (κ1) is 21.5. The van der Waals surface area contributed by atoms with E-state index in [4.69, 9.17) is 27.9 Å². The number of sulfone groups is 1. The van der Waals surface area contributed by atoms with Crippen LogP contribution in [0.3, 0.4) is 0 Å². The second-order valence-corrected chi connectivity index (χ2v) is 11.2. The van der Waals surface area contributed by atoms with Crippen molar-refractivity contribution in [3.8, 4) is 5.75 Å². The van der Waals surface area contributed by atoms with Gasteiger partial charge in [-0.15, -0.1) is 0 Å². The molecule has 0 bridgehead atoms. The topological polar surface area (TPSA) is 76.0 Å². The van der Waals surface area contributed by atoms with E-state index < -0.39 is 9.84 Å². The van der Waals surface area contributed by atoms with Crippen LogP contribution in [0.5, 0.6) is 5.75 Å². The zero-order valence-corrected chi connectivity index (χ0v) is 19.1. The van der Waals surface area contributed by atoms with Gasteiger partial charge in [-0.1, -0.05) is 53.2 Å². The summed E-state index contributed by atoms with van der Waals surface area (Å²) < 4.78 is 29.7. The number of benzene rings is 2. The normalized spacial score (nSPS) is 23.6. The number of halogens is 2. The number of fused-ring (bicyclic) bond motifs is 1. The molecule has 0 spiro atoms. The smallest absolute Gasteiger partial charge is 0.252 e. The van der Waals surface area contributed by atoms with Crippen LogP contribution in [0.15, 0.2) is 47.5 Å². The van der Waals surface area contributed by atoms with E-state index in [1.54, 1.807) is 36.3 Å². The molecular formula is C20H18Cl2N2O4S2. The summed E-state index contributed by atoms with van der Waals surface area (Å²) >= 11 is 13.8. The molecule has 0 radical (unpaired) electrons. The van der Waals surface area contributed by atoms with Crippen LogP contribution in [-0.4, -0.2) is 49.4 Å². The van der Waals surface area contributed by atoms with Gasteiger partial charge in [0.05, 0.1) is 41.8 Å². The van der Waals surface area contributed by atoms with Gasteiger partial charge in [0.15, 0.2) is 15.0 Å². The Labute approximate surface area is 189 Å². The fraction of sp³-hybridized carbons (Fsp3) is 0.300. The summed E-state index contributed by atoms with van der Waals surface area (Å²) in [7, 11) is -1.63. The quantitative estimate of drug-likeness (QED) is 0.655. The van der Waals surface area contributed by atoms with E-state index in [2.05, 4.69) is 4.99 Å². The number of thioether (sulfide) groups is 1. The van der Waals surface area contributed by atoms with Gasteiger partial charge < -0.3 is 9.64 Å². The van der Waals surface area contributed by atoms with Crippen LogP contribution >= 0.6 is 35.0 Å². The van der Waals surface area contributed by atoms with Crippen LogP contribution in [0.4, 0.5) is 5.69 Å². The number of amidine groups is 1. The Balaban J connectivity index is 1.69. The standard InChI is InChI=1S/C20H18Cl2N2O4S2/c1-28-17-5-3-2-4-12(17)8-19(25)23-20-24(15-9-13(21)6-7-14(15)22)16-10-30(26,27)11-18(16)29-20/h2-7,9,16,18H,8,10-11H2,1H3/t16-,18-/m1/s1. The average Bonchev–Trinajstić information content (AvgIpc) is 3.15. The third-order valence-corrected chi connectivity index (χ3v) is 8.75. The van der Waals surface area contributed by atoms with Gasteiger partial charge in [-0.2, -0.15) is 4.99 Å². The summed E-state index contributed by atoms with van der Waals surface area (Å²) in [6, 6.07) is 11.9. The number of carbonyl (C=O) groups is 1. The molecule has 2 aliphatic rings. The molecule has 0 unspecified atom stereocenters. The highest BCUT2D eigenvalue weighted by molar-refractivity contribution is 8.16. The summed E-state index contributed by atoms with van der Waals surface area (Å²) in [5.41, 5.74) is 1.28. The van der Waals surface area contributed by atoms with E-state index in [0.717, 1.165) is 5.56 Å². The van der Waals surface area contributed by atoms with Crippen LogP contribution in [0.1, 0.15) is 5.56 Å². The SMILES string of the molecule is COc1ccccc1CC(=O)N=C1S[C@@H]2CS(=O)(=O)C[C@H]2N1c1cc(Cl)ccc1Cl. The summed E-state index contributed by atoms with van der Waals surface area (Å²) in [6.07, 6.45) is 0.0683. The van der Waals surface area contributed by atoms with E-state index in [-0.39, 0.29) is 35.1 Å². The van der Waals surface area contributed by atoms with Crippen LogP contribution in [0, 0.1) is 0 Å². The van der Waals surface area contributed by atoms with Crippen molar-refractivity contribution in [2.45, 2.75) is 17.7 Å². The molecule has 2 heterocycles. The Kier molecular flexibility index (Phi) is 6.03. The van der Waals surface area contributed by atoms with Crippen molar-refractivity contribution in [2.75, 3.05) is 23.5 Å². The van der Waals surface area contributed by atoms with E-state index in [0.29, 0.717) is 26.6 Å². The molecule has 0 aliphatic carbocycles. The Morgan fingerprint density at radius 1 is 1.23 bits per heavy atom. The van der Waals surface area contributed by atoms with Crippen molar-refractivity contribution in [3.05, 3.63) is 58.1 Å². The van der Waals surface area contributed by atoms with Crippen LogP contribution in [-0.2, 0) is 21.1 Å². The minimum Gasteiger partial charge on any atom is -0.496 e. The highest BCUT2D eigenvalue weighted by atomic mass is 35.5. The molecule has 2 aliphatic heterocycles. The maximum absolute atomic E-state index is 12.8. The number of hydrogen-bond acceptors (Lipinski definition) is 5. The van der Waals surface area contributed by atoms with Gasteiger partial charge in [0.25, 0.3) is 5.91 Å². The number of hydrogen-bond donors (Lipinski definition) is 0. The molecule has 6 nitrogen and oxygen atoms in total. The number of anilines is 1. The number of aliphatic imine (C=N–C) groups is 1. The van der Waals surface area contributed by atoms with Gasteiger partial charge in [-0.05, 0) is 24.3 Å². The minimum absolute atomic E-state index is 0.0206. The Hall–Kier alpha value is -1.74. The molecule has 2 saturated heterocycles. The van der Waals surface area contributed by atoms with E-state index >= 15 is 0 Å². The number of ether oxygens (including phenoxy) is 1. The number of rotatable bonds is 4. The number of para-hydroxylation sites is 1. The third-order valence-electron chi connectivity index (χ3n) is 4.99. The lowest BCUT2D eigenvalue weighted by atomic mass is 10.1. The zero-order chi connectivity index (χ0) is 21.5. The number of nitrogens with zero attached hydrogens (tertiary/aromatic N) is 2. The Bertz CT molecular complexity index is 1140. The molecular weight excluding hydrogens is 467 g/mol. The lowest BCUT2D eigenvalue weighted by Crippen LogP contribution is -2.38. The predicted molar refractivity (Wildman–Crippen MR) is 122 cm³/mol.